The van der Waals surface area contributed by atoms with Gasteiger partial charge in [0.1, 0.15) is 5.69 Å². The fraction of sp³-hybridized carbons (Fsp3) is 0.267. The summed E-state index contributed by atoms with van der Waals surface area (Å²) in [7, 11) is 0. The highest BCUT2D eigenvalue weighted by molar-refractivity contribution is 5.96. The van der Waals surface area contributed by atoms with E-state index in [0.717, 1.165) is 5.56 Å². The van der Waals surface area contributed by atoms with Gasteiger partial charge in [-0.15, -0.1) is 0 Å². The highest BCUT2D eigenvalue weighted by Crippen LogP contribution is 2.31. The third-order valence-electron chi connectivity index (χ3n) is 6.98. The van der Waals surface area contributed by atoms with Crippen LogP contribution in [-0.4, -0.2) is 58.9 Å². The van der Waals surface area contributed by atoms with E-state index in [1.54, 1.807) is 41.3 Å². The van der Waals surface area contributed by atoms with Gasteiger partial charge in [0.05, 0.1) is 29.0 Å². The van der Waals surface area contributed by atoms with Crippen LogP contribution in [-0.2, 0) is 4.79 Å². The molecule has 1 atom stereocenters. The van der Waals surface area contributed by atoms with E-state index in [0.29, 0.717) is 55.0 Å². The molecule has 1 aliphatic heterocycles. The first-order valence-electron chi connectivity index (χ1n) is 13.1. The normalized spacial score (nSPS) is 14.0. The predicted molar refractivity (Wildman–Crippen MR) is 151 cm³/mol. The summed E-state index contributed by atoms with van der Waals surface area (Å²) in [4.78, 5) is 52.5. The molecular formula is C30H29N5O6. The second kappa shape index (κ2) is 12.7. The Morgan fingerprint density at radius 1 is 1.00 bits per heavy atom. The Balaban J connectivity index is 1.50. The average molecular weight is 556 g/mol. The Morgan fingerprint density at radius 2 is 1.68 bits per heavy atom. The summed E-state index contributed by atoms with van der Waals surface area (Å²) in [6, 6.07) is 18.9. The van der Waals surface area contributed by atoms with E-state index in [-0.39, 0.29) is 23.6 Å². The number of carbonyl (C=O) groups excluding carboxylic acids is 2. The number of aliphatic carboxylic acids is 1. The molecule has 0 aromatic heterocycles. The summed E-state index contributed by atoms with van der Waals surface area (Å²) in [5, 5.41) is 33.1. The van der Waals surface area contributed by atoms with Crippen molar-refractivity contribution in [3.63, 3.8) is 0 Å². The number of nitro benzene ring substituents is 1. The third-order valence-corrected chi connectivity index (χ3v) is 6.98. The van der Waals surface area contributed by atoms with Crippen molar-refractivity contribution < 1.29 is 24.4 Å². The molecule has 11 nitrogen and oxygen atoms in total. The monoisotopic (exact) mass is 555 g/mol. The van der Waals surface area contributed by atoms with Crippen LogP contribution >= 0.6 is 0 Å². The second-order valence-corrected chi connectivity index (χ2v) is 9.82. The summed E-state index contributed by atoms with van der Waals surface area (Å²) in [6.07, 6.45) is 0.231. The van der Waals surface area contributed by atoms with Crippen molar-refractivity contribution in [1.82, 2.24) is 10.2 Å². The van der Waals surface area contributed by atoms with Crippen LogP contribution < -0.4 is 10.2 Å². The number of nitro groups is 1. The van der Waals surface area contributed by atoms with E-state index in [2.05, 4.69) is 5.32 Å². The first-order valence-corrected chi connectivity index (χ1v) is 13.1. The van der Waals surface area contributed by atoms with Crippen molar-refractivity contribution in [2.45, 2.75) is 25.8 Å². The lowest BCUT2D eigenvalue weighted by atomic mass is 10.0. The first-order chi connectivity index (χ1) is 19.7. The van der Waals surface area contributed by atoms with E-state index >= 15 is 0 Å². The van der Waals surface area contributed by atoms with Crippen LogP contribution in [0.15, 0.2) is 66.7 Å². The topological polar surface area (TPSA) is 157 Å². The number of hydrogen-bond acceptors (Lipinski definition) is 7. The lowest BCUT2D eigenvalue weighted by molar-refractivity contribution is -0.384. The molecule has 41 heavy (non-hydrogen) atoms. The van der Waals surface area contributed by atoms with Gasteiger partial charge in [-0.3, -0.25) is 24.5 Å². The van der Waals surface area contributed by atoms with Gasteiger partial charge in [-0.25, -0.2) is 0 Å². The Hall–Kier alpha value is -5.24. The SMILES string of the molecule is Cc1ccc(C(CC(=O)O)NC(=O)c2ccc(N3CCCN(C(=O)c4ccc(C#N)cc4)CC3)c([N+](=O)[O-])c2)cc1. The Morgan fingerprint density at radius 3 is 2.32 bits per heavy atom. The maximum atomic E-state index is 13.1. The summed E-state index contributed by atoms with van der Waals surface area (Å²) in [6.45, 7) is 3.52. The summed E-state index contributed by atoms with van der Waals surface area (Å²) in [5.41, 5.74) is 2.63. The lowest BCUT2D eigenvalue weighted by Gasteiger charge is -2.24. The highest BCUT2D eigenvalue weighted by Gasteiger charge is 2.27. The number of nitriles is 1. The molecule has 11 heteroatoms. The maximum Gasteiger partial charge on any atom is 0.305 e. The number of nitrogens with one attached hydrogen (secondary N) is 1. The maximum absolute atomic E-state index is 13.1. The van der Waals surface area contributed by atoms with Crippen LogP contribution in [0, 0.1) is 28.4 Å². The Bertz CT molecular complexity index is 1500. The van der Waals surface area contributed by atoms with Gasteiger partial charge in [0.25, 0.3) is 17.5 Å². The lowest BCUT2D eigenvalue weighted by Crippen LogP contribution is -2.35. The standard InChI is InChI=1S/C30H29N5O6/c1-20-3-7-22(8-4-20)25(18-28(36)37)32-29(38)24-11-12-26(27(17-24)35(40)41)33-13-2-14-34(16-15-33)30(39)23-9-5-21(19-31)6-10-23/h3-12,17,25H,2,13-16,18H2,1H3,(H,32,38)(H,36,37). The number of benzene rings is 3. The van der Waals surface area contributed by atoms with Crippen LogP contribution in [0.5, 0.6) is 0 Å². The smallest absolute Gasteiger partial charge is 0.305 e. The van der Waals surface area contributed by atoms with Crippen molar-refractivity contribution in [1.29, 1.82) is 5.26 Å². The number of nitrogens with zero attached hydrogens (tertiary/aromatic N) is 4. The minimum atomic E-state index is -1.09. The van der Waals surface area contributed by atoms with Crippen LogP contribution in [0.2, 0.25) is 0 Å². The van der Waals surface area contributed by atoms with Crippen LogP contribution in [0.25, 0.3) is 0 Å². The van der Waals surface area contributed by atoms with Crippen molar-refractivity contribution in [3.05, 3.63) is 105 Å². The number of carboxylic acids is 1. The number of carboxylic acid groups (broad SMARTS) is 1. The fourth-order valence-corrected chi connectivity index (χ4v) is 4.78. The highest BCUT2D eigenvalue weighted by atomic mass is 16.6. The van der Waals surface area contributed by atoms with Gasteiger partial charge in [0.2, 0.25) is 0 Å². The molecule has 2 amide bonds. The predicted octanol–water partition coefficient (Wildman–Crippen LogP) is 4.07. The molecular weight excluding hydrogens is 526 g/mol. The largest absolute Gasteiger partial charge is 0.481 e. The fourth-order valence-electron chi connectivity index (χ4n) is 4.78. The zero-order valence-corrected chi connectivity index (χ0v) is 22.4. The molecule has 3 aromatic carbocycles. The van der Waals surface area contributed by atoms with Gasteiger partial charge < -0.3 is 20.2 Å². The molecule has 0 bridgehead atoms. The van der Waals surface area contributed by atoms with Crippen LogP contribution in [0.4, 0.5) is 11.4 Å². The Kier molecular flexibility index (Phi) is 8.94. The van der Waals surface area contributed by atoms with Crippen molar-refractivity contribution in [3.8, 4) is 6.07 Å². The summed E-state index contributed by atoms with van der Waals surface area (Å²) >= 11 is 0. The zero-order valence-electron chi connectivity index (χ0n) is 22.4. The van der Waals surface area contributed by atoms with Gasteiger partial charge in [-0.2, -0.15) is 5.26 Å². The molecule has 210 valence electrons. The molecule has 0 saturated carbocycles. The zero-order chi connectivity index (χ0) is 29.5. The second-order valence-electron chi connectivity index (χ2n) is 9.82. The number of carbonyl (C=O) groups is 3. The molecule has 3 aromatic rings. The minimum absolute atomic E-state index is 0.0374. The van der Waals surface area contributed by atoms with Gasteiger partial charge in [0, 0.05) is 43.4 Å². The molecule has 4 rings (SSSR count). The molecule has 1 fully saturated rings. The minimum Gasteiger partial charge on any atom is -0.481 e. The van der Waals surface area contributed by atoms with E-state index < -0.39 is 22.8 Å². The molecule has 0 spiro atoms. The number of anilines is 1. The van der Waals surface area contributed by atoms with Gasteiger partial charge >= 0.3 is 5.97 Å². The summed E-state index contributed by atoms with van der Waals surface area (Å²) < 4.78 is 0. The molecule has 0 aliphatic carbocycles. The molecule has 1 heterocycles. The Labute approximate surface area is 236 Å². The number of amides is 2. The van der Waals surface area contributed by atoms with Gasteiger partial charge in [0.15, 0.2) is 0 Å². The molecule has 2 N–H and O–H groups in total. The summed E-state index contributed by atoms with van der Waals surface area (Å²) in [5.74, 6) is -1.89. The van der Waals surface area contributed by atoms with E-state index in [1.807, 2.05) is 30.0 Å². The molecule has 0 radical (unpaired) electrons. The van der Waals surface area contributed by atoms with E-state index in [1.165, 1.54) is 18.2 Å². The molecule has 1 saturated heterocycles. The van der Waals surface area contributed by atoms with E-state index in [9.17, 15) is 29.6 Å². The molecule has 1 aliphatic rings. The number of rotatable bonds is 8. The van der Waals surface area contributed by atoms with E-state index in [4.69, 9.17) is 5.26 Å². The average Bonchev–Trinajstić information content (AvgIpc) is 3.22. The van der Waals surface area contributed by atoms with Crippen LogP contribution in [0.3, 0.4) is 0 Å². The number of hydrogen-bond donors (Lipinski definition) is 2. The first kappa shape index (κ1) is 28.8. The van der Waals surface area contributed by atoms with Gasteiger partial charge in [-0.05, 0) is 55.3 Å². The van der Waals surface area contributed by atoms with Crippen LogP contribution in [0.1, 0.15) is 56.3 Å². The third kappa shape index (κ3) is 7.05. The van der Waals surface area contributed by atoms with Gasteiger partial charge in [-0.1, -0.05) is 29.8 Å². The number of aryl methyl sites for hydroxylation is 1. The molecule has 1 unspecified atom stereocenters. The van der Waals surface area contributed by atoms with Crippen molar-refractivity contribution in [2.24, 2.45) is 0 Å². The van der Waals surface area contributed by atoms with Crippen molar-refractivity contribution in [2.75, 3.05) is 31.1 Å². The quantitative estimate of drug-likeness (QED) is 0.311. The van der Waals surface area contributed by atoms with Crippen molar-refractivity contribution >= 4 is 29.2 Å².